The Morgan fingerprint density at radius 2 is 2.18 bits per heavy atom. The Labute approximate surface area is 133 Å². The maximum absolute atomic E-state index is 11.7. The molecule has 0 aliphatic heterocycles. The third-order valence-electron chi connectivity index (χ3n) is 4.26. The number of hydrogen-bond donors (Lipinski definition) is 2. The zero-order chi connectivity index (χ0) is 15.7. The molecule has 0 saturated heterocycles. The number of fused-ring (bicyclic) bond motifs is 1. The summed E-state index contributed by atoms with van der Waals surface area (Å²) in [7, 11) is 0. The van der Waals surface area contributed by atoms with Gasteiger partial charge >= 0.3 is 0 Å². The molecule has 1 aliphatic rings. The molecule has 5 nitrogen and oxygen atoms in total. The minimum absolute atomic E-state index is 0.00878. The molecule has 2 aromatic heterocycles. The first kappa shape index (κ1) is 15.0. The fourth-order valence-electron chi connectivity index (χ4n) is 3.10. The Balaban J connectivity index is 2.00. The fraction of sp³-hybridized carbons (Fsp3) is 0.438. The molecule has 3 rings (SSSR count). The maximum atomic E-state index is 11.7. The number of rotatable bonds is 4. The minimum Gasteiger partial charge on any atom is -0.369 e. The summed E-state index contributed by atoms with van der Waals surface area (Å²) in [5.74, 6) is 0.363. The van der Waals surface area contributed by atoms with Crippen molar-refractivity contribution in [2.24, 2.45) is 11.7 Å². The van der Waals surface area contributed by atoms with Crippen molar-refractivity contribution in [1.29, 1.82) is 0 Å². The van der Waals surface area contributed by atoms with Crippen molar-refractivity contribution in [2.45, 2.75) is 39.2 Å². The van der Waals surface area contributed by atoms with Gasteiger partial charge in [0.2, 0.25) is 5.91 Å². The summed E-state index contributed by atoms with van der Waals surface area (Å²) in [6.07, 6.45) is 8.11. The van der Waals surface area contributed by atoms with Crippen LogP contribution >= 0.6 is 11.3 Å². The molecule has 0 saturated carbocycles. The van der Waals surface area contributed by atoms with Crippen molar-refractivity contribution in [3.63, 3.8) is 0 Å². The smallest absolute Gasteiger partial charge is 0.222 e. The van der Waals surface area contributed by atoms with E-state index in [4.69, 9.17) is 5.73 Å². The van der Waals surface area contributed by atoms with Gasteiger partial charge in [0.05, 0.1) is 11.3 Å². The van der Waals surface area contributed by atoms with E-state index in [1.165, 1.54) is 10.4 Å². The Kier molecular flexibility index (Phi) is 4.11. The van der Waals surface area contributed by atoms with Crippen LogP contribution in [0.15, 0.2) is 18.5 Å². The van der Waals surface area contributed by atoms with Crippen molar-refractivity contribution < 1.29 is 4.79 Å². The second-order valence-corrected chi connectivity index (χ2v) is 6.80. The summed E-state index contributed by atoms with van der Waals surface area (Å²) in [6.45, 7) is 4.26. The molecular weight excluding hydrogens is 296 g/mol. The molecule has 1 amide bonds. The molecule has 2 atom stereocenters. The number of nitrogens with one attached hydrogen (secondary N) is 1. The Morgan fingerprint density at radius 3 is 2.91 bits per heavy atom. The largest absolute Gasteiger partial charge is 0.369 e. The van der Waals surface area contributed by atoms with E-state index in [-0.39, 0.29) is 17.9 Å². The summed E-state index contributed by atoms with van der Waals surface area (Å²) < 4.78 is 0. The van der Waals surface area contributed by atoms with Gasteiger partial charge in [-0.25, -0.2) is 9.97 Å². The van der Waals surface area contributed by atoms with E-state index in [1.807, 2.05) is 6.08 Å². The van der Waals surface area contributed by atoms with E-state index in [0.29, 0.717) is 6.42 Å². The number of hydrogen-bond acceptors (Lipinski definition) is 5. The van der Waals surface area contributed by atoms with Crippen LogP contribution in [-0.4, -0.2) is 21.9 Å². The van der Waals surface area contributed by atoms with Crippen molar-refractivity contribution in [3.05, 3.63) is 28.9 Å². The molecule has 2 heterocycles. The average molecular weight is 316 g/mol. The summed E-state index contributed by atoms with van der Waals surface area (Å²) >= 11 is 1.69. The van der Waals surface area contributed by atoms with Gasteiger partial charge in [-0.15, -0.1) is 11.3 Å². The quantitative estimate of drug-likeness (QED) is 0.850. The number of thiophene rings is 1. The maximum Gasteiger partial charge on any atom is 0.222 e. The van der Waals surface area contributed by atoms with Crippen LogP contribution in [0.25, 0.3) is 10.2 Å². The van der Waals surface area contributed by atoms with E-state index in [9.17, 15) is 4.79 Å². The highest BCUT2D eigenvalue weighted by molar-refractivity contribution is 7.18. The lowest BCUT2D eigenvalue weighted by molar-refractivity contribution is -0.122. The predicted molar refractivity (Wildman–Crippen MR) is 90.0 cm³/mol. The van der Waals surface area contributed by atoms with Crippen LogP contribution in [0.5, 0.6) is 0 Å². The molecule has 0 fully saturated rings. The predicted octanol–water partition coefficient (Wildman–Crippen LogP) is 2.79. The second-order valence-electron chi connectivity index (χ2n) is 5.60. The van der Waals surface area contributed by atoms with Gasteiger partial charge < -0.3 is 11.1 Å². The highest BCUT2D eigenvalue weighted by Gasteiger charge is 2.28. The third-order valence-corrected chi connectivity index (χ3v) is 5.32. The number of primary amides is 1. The fourth-order valence-corrected chi connectivity index (χ4v) is 4.18. The van der Waals surface area contributed by atoms with Crippen LogP contribution in [0, 0.1) is 12.8 Å². The molecular formula is C16H20N4OS. The summed E-state index contributed by atoms with van der Waals surface area (Å²) in [5.41, 5.74) is 6.82. The molecule has 0 bridgehead atoms. The zero-order valence-electron chi connectivity index (χ0n) is 12.8. The molecule has 6 heteroatoms. The Hall–Kier alpha value is -1.95. The lowest BCUT2D eigenvalue weighted by atomic mass is 9.88. The summed E-state index contributed by atoms with van der Waals surface area (Å²) in [6, 6.07) is -0.00878. The van der Waals surface area contributed by atoms with Crippen LogP contribution in [-0.2, 0) is 11.2 Å². The highest BCUT2D eigenvalue weighted by Crippen LogP contribution is 2.34. The number of aryl methyl sites for hydroxylation is 2. The van der Waals surface area contributed by atoms with Crippen molar-refractivity contribution in [2.75, 3.05) is 5.32 Å². The van der Waals surface area contributed by atoms with Gasteiger partial charge in [-0.2, -0.15) is 0 Å². The normalized spacial score (nSPS) is 21.2. The molecule has 0 spiro atoms. The van der Waals surface area contributed by atoms with Crippen LogP contribution in [0.2, 0.25) is 0 Å². The standard InChI is InChI=1S/C16H20N4OS/c1-3-10-9(2)22-16-13(10)15(18-8-19-16)20-12-7-5-4-6-11(12)14(17)21/h4-5,8,11-12H,3,6-7H2,1-2H3,(H2,17,21)(H,18,19,20)/t11-,12-/m1/s1. The Bertz CT molecular complexity index is 737. The number of carbonyl (C=O) groups excluding carboxylic acids is 1. The molecule has 0 aromatic carbocycles. The molecule has 1 aliphatic carbocycles. The van der Waals surface area contributed by atoms with E-state index in [1.54, 1.807) is 17.7 Å². The molecule has 116 valence electrons. The number of nitrogens with zero attached hydrogens (tertiary/aromatic N) is 2. The van der Waals surface area contributed by atoms with E-state index >= 15 is 0 Å². The van der Waals surface area contributed by atoms with Crippen LogP contribution in [0.4, 0.5) is 5.82 Å². The van der Waals surface area contributed by atoms with Gasteiger partial charge in [-0.3, -0.25) is 4.79 Å². The number of anilines is 1. The highest BCUT2D eigenvalue weighted by atomic mass is 32.1. The van der Waals surface area contributed by atoms with E-state index in [2.05, 4.69) is 35.2 Å². The van der Waals surface area contributed by atoms with Gasteiger partial charge in [0.25, 0.3) is 0 Å². The van der Waals surface area contributed by atoms with Crippen molar-refractivity contribution in [3.8, 4) is 0 Å². The van der Waals surface area contributed by atoms with Gasteiger partial charge in [0.15, 0.2) is 0 Å². The number of nitrogens with two attached hydrogens (primary N) is 1. The first-order valence-electron chi connectivity index (χ1n) is 7.55. The zero-order valence-corrected chi connectivity index (χ0v) is 13.6. The second kappa shape index (κ2) is 6.04. The van der Waals surface area contributed by atoms with Crippen LogP contribution in [0.1, 0.15) is 30.2 Å². The molecule has 22 heavy (non-hydrogen) atoms. The summed E-state index contributed by atoms with van der Waals surface area (Å²) in [4.78, 5) is 22.7. The minimum atomic E-state index is -0.260. The van der Waals surface area contributed by atoms with Crippen LogP contribution in [0.3, 0.4) is 0 Å². The molecule has 3 N–H and O–H groups in total. The number of aromatic nitrogens is 2. The Morgan fingerprint density at radius 1 is 1.41 bits per heavy atom. The van der Waals surface area contributed by atoms with Crippen molar-refractivity contribution >= 4 is 33.3 Å². The molecule has 0 radical (unpaired) electrons. The average Bonchev–Trinajstić information content (AvgIpc) is 2.83. The topological polar surface area (TPSA) is 80.9 Å². The SMILES string of the molecule is CCc1c(C)sc2ncnc(N[C@@H]3CC=CC[C@H]3C(N)=O)c12. The third kappa shape index (κ3) is 2.59. The van der Waals surface area contributed by atoms with Gasteiger partial charge in [-0.1, -0.05) is 19.1 Å². The van der Waals surface area contributed by atoms with Gasteiger partial charge in [0, 0.05) is 10.9 Å². The summed E-state index contributed by atoms with van der Waals surface area (Å²) in [5, 5.41) is 4.54. The molecule has 2 aromatic rings. The van der Waals surface area contributed by atoms with Crippen molar-refractivity contribution in [1.82, 2.24) is 9.97 Å². The number of allylic oxidation sites excluding steroid dienone is 1. The van der Waals surface area contributed by atoms with Gasteiger partial charge in [0.1, 0.15) is 17.0 Å². The number of carbonyl (C=O) groups is 1. The lowest BCUT2D eigenvalue weighted by Crippen LogP contribution is -2.39. The first-order chi connectivity index (χ1) is 10.6. The lowest BCUT2D eigenvalue weighted by Gasteiger charge is -2.27. The van der Waals surface area contributed by atoms with E-state index in [0.717, 1.165) is 28.9 Å². The molecule has 0 unspecified atom stereocenters. The monoisotopic (exact) mass is 316 g/mol. The van der Waals surface area contributed by atoms with E-state index < -0.39 is 0 Å². The number of amides is 1. The van der Waals surface area contributed by atoms with Crippen LogP contribution < -0.4 is 11.1 Å². The van der Waals surface area contributed by atoms with Gasteiger partial charge in [-0.05, 0) is 31.7 Å². The first-order valence-corrected chi connectivity index (χ1v) is 8.37.